The van der Waals surface area contributed by atoms with Gasteiger partial charge in [0.2, 0.25) is 0 Å². The first kappa shape index (κ1) is 20.3. The third kappa shape index (κ3) is 3.71. The minimum Gasteiger partial charge on any atom is -0.508 e. The number of phenolic OH excluding ortho intramolecular Hbond substituents is 2. The van der Waals surface area contributed by atoms with Crippen molar-refractivity contribution in [1.82, 2.24) is 0 Å². The molecule has 0 radical (unpaired) electrons. The summed E-state index contributed by atoms with van der Waals surface area (Å²) in [4.78, 5) is 0. The van der Waals surface area contributed by atoms with E-state index in [1.165, 1.54) is 0 Å². The first-order chi connectivity index (χ1) is 11.3. The highest BCUT2D eigenvalue weighted by Crippen LogP contribution is 2.52. The average Bonchev–Trinajstić information content (AvgIpc) is 2.44. The molecule has 2 aromatic rings. The first-order valence-electron chi connectivity index (χ1n) is 7.63. The topological polar surface area (TPSA) is 40.5 Å². The van der Waals surface area contributed by atoms with Gasteiger partial charge in [-0.1, -0.05) is 84.0 Å². The Bertz CT molecular complexity index is 655. The van der Waals surface area contributed by atoms with E-state index < -0.39 is 0 Å². The maximum absolute atomic E-state index is 9.89. The molecule has 0 aromatic heterocycles. The third-order valence-electron chi connectivity index (χ3n) is 4.29. The van der Waals surface area contributed by atoms with Gasteiger partial charge < -0.3 is 10.2 Å². The molecule has 0 bridgehead atoms. The van der Waals surface area contributed by atoms with E-state index in [0.717, 1.165) is 48.3 Å². The van der Waals surface area contributed by atoms with Crippen molar-refractivity contribution in [3.63, 3.8) is 0 Å². The van der Waals surface area contributed by atoms with Crippen LogP contribution in [0.3, 0.4) is 0 Å². The SMILES string of the molecule is CCCC(CC)(c1c(Br)cc(O)cc1Br)c1c(Br)cc(O)cc1Br. The molecular formula is C18H18Br4O2. The molecule has 0 aliphatic heterocycles. The Morgan fingerprint density at radius 2 is 1.08 bits per heavy atom. The van der Waals surface area contributed by atoms with Crippen LogP contribution in [0, 0.1) is 0 Å². The molecule has 0 unspecified atom stereocenters. The molecule has 0 heterocycles. The second-order valence-electron chi connectivity index (χ2n) is 5.75. The second kappa shape index (κ2) is 8.11. The van der Waals surface area contributed by atoms with E-state index in [0.29, 0.717) is 0 Å². The van der Waals surface area contributed by atoms with Crippen LogP contribution in [0.5, 0.6) is 11.5 Å². The molecule has 0 saturated heterocycles. The van der Waals surface area contributed by atoms with Crippen LogP contribution in [0.4, 0.5) is 0 Å². The Hall–Kier alpha value is -0.0400. The second-order valence-corrected chi connectivity index (χ2v) is 9.17. The number of phenols is 2. The van der Waals surface area contributed by atoms with Gasteiger partial charge in [0.15, 0.2) is 0 Å². The van der Waals surface area contributed by atoms with Crippen molar-refractivity contribution >= 4 is 63.7 Å². The van der Waals surface area contributed by atoms with Gasteiger partial charge in [-0.15, -0.1) is 0 Å². The number of hydrogen-bond donors (Lipinski definition) is 2. The highest BCUT2D eigenvalue weighted by atomic mass is 79.9. The van der Waals surface area contributed by atoms with Crippen LogP contribution in [0.1, 0.15) is 44.2 Å². The molecule has 0 aliphatic carbocycles. The lowest BCUT2D eigenvalue weighted by Crippen LogP contribution is -2.29. The van der Waals surface area contributed by atoms with Gasteiger partial charge in [-0.2, -0.15) is 0 Å². The third-order valence-corrected chi connectivity index (χ3v) is 6.79. The lowest BCUT2D eigenvalue weighted by molar-refractivity contribution is 0.435. The minimum absolute atomic E-state index is 0.211. The van der Waals surface area contributed by atoms with Crippen molar-refractivity contribution in [2.75, 3.05) is 0 Å². The van der Waals surface area contributed by atoms with Gasteiger partial charge in [-0.05, 0) is 48.2 Å². The summed E-state index contributed by atoms with van der Waals surface area (Å²) in [5, 5.41) is 19.8. The van der Waals surface area contributed by atoms with Gasteiger partial charge in [-0.3, -0.25) is 0 Å². The van der Waals surface area contributed by atoms with Crippen molar-refractivity contribution in [3.8, 4) is 11.5 Å². The predicted octanol–water partition coefficient (Wildman–Crippen LogP) is 7.64. The number of benzene rings is 2. The van der Waals surface area contributed by atoms with E-state index >= 15 is 0 Å². The van der Waals surface area contributed by atoms with Gasteiger partial charge in [0, 0.05) is 23.3 Å². The van der Waals surface area contributed by atoms with Crippen LogP contribution in [-0.4, -0.2) is 10.2 Å². The summed E-state index contributed by atoms with van der Waals surface area (Å²) in [7, 11) is 0. The van der Waals surface area contributed by atoms with Crippen LogP contribution in [0.25, 0.3) is 0 Å². The summed E-state index contributed by atoms with van der Waals surface area (Å²) in [6.45, 7) is 4.32. The van der Waals surface area contributed by atoms with E-state index in [9.17, 15) is 10.2 Å². The Kier molecular flexibility index (Phi) is 6.85. The largest absolute Gasteiger partial charge is 0.508 e. The number of hydrogen-bond acceptors (Lipinski definition) is 2. The molecule has 2 aromatic carbocycles. The fourth-order valence-corrected chi connectivity index (χ4v) is 7.21. The van der Waals surface area contributed by atoms with Crippen LogP contribution < -0.4 is 0 Å². The summed E-state index contributed by atoms with van der Waals surface area (Å²) >= 11 is 14.5. The van der Waals surface area contributed by atoms with Crippen LogP contribution in [0.15, 0.2) is 42.2 Å². The predicted molar refractivity (Wildman–Crippen MR) is 113 cm³/mol. The van der Waals surface area contributed by atoms with E-state index in [-0.39, 0.29) is 16.9 Å². The van der Waals surface area contributed by atoms with Crippen LogP contribution >= 0.6 is 63.7 Å². The summed E-state index contributed by atoms with van der Waals surface area (Å²) in [6.07, 6.45) is 2.78. The van der Waals surface area contributed by atoms with Gasteiger partial charge in [0.25, 0.3) is 0 Å². The number of rotatable bonds is 5. The van der Waals surface area contributed by atoms with Gasteiger partial charge >= 0.3 is 0 Å². The lowest BCUT2D eigenvalue weighted by Gasteiger charge is -2.37. The summed E-state index contributed by atoms with van der Waals surface area (Å²) in [5.74, 6) is 0.422. The Morgan fingerprint density at radius 1 is 0.750 bits per heavy atom. The number of halogens is 4. The van der Waals surface area contributed by atoms with E-state index in [1.54, 1.807) is 24.3 Å². The molecule has 130 valence electrons. The maximum Gasteiger partial charge on any atom is 0.117 e. The lowest BCUT2D eigenvalue weighted by atomic mass is 9.69. The van der Waals surface area contributed by atoms with Crippen molar-refractivity contribution in [1.29, 1.82) is 0 Å². The molecule has 0 aliphatic rings. The molecule has 24 heavy (non-hydrogen) atoms. The molecule has 0 amide bonds. The summed E-state index contributed by atoms with van der Waals surface area (Å²) in [6, 6.07) is 6.90. The average molecular weight is 586 g/mol. The molecule has 0 atom stereocenters. The summed E-state index contributed by atoms with van der Waals surface area (Å²) < 4.78 is 3.43. The quantitative estimate of drug-likeness (QED) is 0.379. The highest BCUT2D eigenvalue weighted by molar-refractivity contribution is 9.11. The van der Waals surface area contributed by atoms with Gasteiger partial charge in [-0.25, -0.2) is 0 Å². The number of aromatic hydroxyl groups is 2. The van der Waals surface area contributed by atoms with Crippen LogP contribution in [0.2, 0.25) is 0 Å². The molecule has 6 heteroatoms. The Labute approximate surface area is 176 Å². The normalized spacial score (nSPS) is 11.8. The molecule has 0 saturated carbocycles. The molecule has 0 spiro atoms. The molecular weight excluding hydrogens is 568 g/mol. The van der Waals surface area contributed by atoms with E-state index in [2.05, 4.69) is 77.6 Å². The highest BCUT2D eigenvalue weighted by Gasteiger charge is 2.38. The molecule has 2 nitrogen and oxygen atoms in total. The van der Waals surface area contributed by atoms with Crippen molar-refractivity contribution in [2.45, 2.75) is 38.5 Å². The fraction of sp³-hybridized carbons (Fsp3) is 0.333. The van der Waals surface area contributed by atoms with Crippen molar-refractivity contribution in [2.24, 2.45) is 0 Å². The zero-order valence-corrected chi connectivity index (χ0v) is 19.7. The van der Waals surface area contributed by atoms with Crippen LogP contribution in [-0.2, 0) is 5.41 Å². The van der Waals surface area contributed by atoms with Crippen molar-refractivity contribution in [3.05, 3.63) is 53.3 Å². The monoisotopic (exact) mass is 582 g/mol. The molecule has 2 N–H and O–H groups in total. The zero-order chi connectivity index (χ0) is 18.1. The van der Waals surface area contributed by atoms with Gasteiger partial charge in [0.1, 0.15) is 11.5 Å². The Balaban J connectivity index is 2.88. The fourth-order valence-electron chi connectivity index (χ4n) is 3.37. The van der Waals surface area contributed by atoms with Gasteiger partial charge in [0.05, 0.1) is 0 Å². The zero-order valence-electron chi connectivity index (χ0n) is 13.3. The standard InChI is InChI=1S/C18H18Br4O2/c1-3-5-18(4-2,16-12(19)6-10(23)7-13(16)20)17-14(21)8-11(24)9-15(17)22/h6-9,23-24H,3-5H2,1-2H3. The summed E-state index contributed by atoms with van der Waals surface area (Å²) in [5.41, 5.74) is 1.90. The minimum atomic E-state index is -0.286. The Morgan fingerprint density at radius 3 is 1.33 bits per heavy atom. The molecule has 2 rings (SSSR count). The maximum atomic E-state index is 9.89. The molecule has 0 fully saturated rings. The van der Waals surface area contributed by atoms with E-state index in [1.807, 2.05) is 0 Å². The smallest absolute Gasteiger partial charge is 0.117 e. The first-order valence-corrected chi connectivity index (χ1v) is 10.8. The van der Waals surface area contributed by atoms with Crippen molar-refractivity contribution < 1.29 is 10.2 Å². The van der Waals surface area contributed by atoms with E-state index in [4.69, 9.17) is 0 Å².